The Balaban J connectivity index is 2.73. The van der Waals surface area contributed by atoms with Gasteiger partial charge in [0.15, 0.2) is 5.71 Å². The van der Waals surface area contributed by atoms with Gasteiger partial charge in [-0.05, 0) is 13.1 Å². The Labute approximate surface area is 129 Å². The van der Waals surface area contributed by atoms with Gasteiger partial charge in [0.1, 0.15) is 5.71 Å². The van der Waals surface area contributed by atoms with Gasteiger partial charge in [-0.15, -0.1) is 0 Å². The summed E-state index contributed by atoms with van der Waals surface area (Å²) in [5.41, 5.74) is 0.0772. The van der Waals surface area contributed by atoms with Gasteiger partial charge in [0, 0.05) is 18.7 Å². The second-order valence-electron chi connectivity index (χ2n) is 4.55. The van der Waals surface area contributed by atoms with Crippen molar-refractivity contribution in [1.29, 1.82) is 0 Å². The summed E-state index contributed by atoms with van der Waals surface area (Å²) in [6.07, 6.45) is 0. The van der Waals surface area contributed by atoms with E-state index < -0.39 is 5.91 Å². The van der Waals surface area contributed by atoms with E-state index in [9.17, 15) is 4.79 Å². The summed E-state index contributed by atoms with van der Waals surface area (Å²) in [7, 11) is 0. The lowest BCUT2D eigenvalue weighted by atomic mass is 10.1. The Hall–Kier alpha value is -2.41. The lowest BCUT2D eigenvalue weighted by molar-refractivity contribution is -0.114. The van der Waals surface area contributed by atoms with Crippen LogP contribution in [-0.4, -0.2) is 58.8 Å². The van der Waals surface area contributed by atoms with E-state index in [4.69, 9.17) is 10.4 Å². The van der Waals surface area contributed by atoms with E-state index in [0.29, 0.717) is 18.7 Å². The Kier molecular flexibility index (Phi) is 7.63. The molecule has 0 saturated heterocycles. The van der Waals surface area contributed by atoms with Crippen molar-refractivity contribution in [3.8, 4) is 0 Å². The maximum atomic E-state index is 12.1. The van der Waals surface area contributed by atoms with E-state index in [1.54, 1.807) is 30.3 Å². The van der Waals surface area contributed by atoms with Gasteiger partial charge < -0.3 is 20.6 Å². The van der Waals surface area contributed by atoms with Crippen LogP contribution in [0.5, 0.6) is 0 Å². The van der Waals surface area contributed by atoms with Crippen LogP contribution in [0, 0.1) is 0 Å². The molecule has 0 unspecified atom stereocenters. The van der Waals surface area contributed by atoms with Crippen LogP contribution in [0.2, 0.25) is 0 Å². The molecule has 22 heavy (non-hydrogen) atoms. The van der Waals surface area contributed by atoms with Gasteiger partial charge >= 0.3 is 0 Å². The molecule has 0 aliphatic heterocycles. The van der Waals surface area contributed by atoms with Gasteiger partial charge in [0.2, 0.25) is 0 Å². The molecule has 0 aliphatic rings. The minimum absolute atomic E-state index is 0.0801. The zero-order valence-corrected chi connectivity index (χ0v) is 12.9. The van der Waals surface area contributed by atoms with Gasteiger partial charge in [-0.1, -0.05) is 54.5 Å². The average molecular weight is 306 g/mol. The van der Waals surface area contributed by atoms with Crippen LogP contribution in [0.25, 0.3) is 0 Å². The molecule has 0 heterocycles. The lowest BCUT2D eigenvalue weighted by Crippen LogP contribution is -2.40. The highest BCUT2D eigenvalue weighted by molar-refractivity contribution is 6.69. The number of rotatable bonds is 8. The molecule has 1 aromatic rings. The summed E-state index contributed by atoms with van der Waals surface area (Å²) in [5, 5.41) is 26.9. The molecule has 7 heteroatoms. The number of nitrogens with zero attached hydrogens (tertiary/aromatic N) is 3. The summed E-state index contributed by atoms with van der Waals surface area (Å²) in [4.78, 5) is 14.2. The standard InChI is InChI=1S/C15H22N4O3/c1-3-19(4-2)11-10-16-15(20)14(18-22)13(17-21)12-8-6-5-7-9-12/h5-9,21-22H,3-4,10-11H2,1-2H3,(H,16,20)/b17-13+,18-14-. The van der Waals surface area contributed by atoms with Gasteiger partial charge in [0.25, 0.3) is 5.91 Å². The smallest absolute Gasteiger partial charge is 0.275 e. The van der Waals surface area contributed by atoms with E-state index >= 15 is 0 Å². The quantitative estimate of drug-likeness (QED) is 0.381. The fourth-order valence-corrected chi connectivity index (χ4v) is 1.99. The molecule has 3 N–H and O–H groups in total. The summed E-state index contributed by atoms with van der Waals surface area (Å²) >= 11 is 0. The fraction of sp³-hybridized carbons (Fsp3) is 0.400. The monoisotopic (exact) mass is 306 g/mol. The number of nitrogens with one attached hydrogen (secondary N) is 1. The first-order chi connectivity index (χ1) is 10.7. The second-order valence-corrected chi connectivity index (χ2v) is 4.55. The van der Waals surface area contributed by atoms with Crippen LogP contribution in [-0.2, 0) is 4.79 Å². The zero-order valence-electron chi connectivity index (χ0n) is 12.9. The summed E-state index contributed by atoms with van der Waals surface area (Å²) in [6.45, 7) is 6.96. The second kappa shape index (κ2) is 9.51. The first kappa shape index (κ1) is 17.6. The average Bonchev–Trinajstić information content (AvgIpc) is 2.57. The zero-order chi connectivity index (χ0) is 16.4. The molecule has 0 aliphatic carbocycles. The molecule has 0 fully saturated rings. The molecule has 0 aromatic heterocycles. The lowest BCUT2D eigenvalue weighted by Gasteiger charge is -2.18. The van der Waals surface area contributed by atoms with Gasteiger partial charge in [-0.25, -0.2) is 0 Å². The highest BCUT2D eigenvalue weighted by Crippen LogP contribution is 2.03. The maximum absolute atomic E-state index is 12.1. The number of amides is 1. The Morgan fingerprint density at radius 2 is 1.77 bits per heavy atom. The summed E-state index contributed by atoms with van der Waals surface area (Å²) in [5.74, 6) is -0.591. The van der Waals surface area contributed by atoms with Gasteiger partial charge in [-0.3, -0.25) is 4.79 Å². The molecule has 0 atom stereocenters. The van der Waals surface area contributed by atoms with Crippen molar-refractivity contribution < 1.29 is 15.2 Å². The molecule has 0 saturated carbocycles. The highest BCUT2D eigenvalue weighted by atomic mass is 16.4. The topological polar surface area (TPSA) is 97.5 Å². The molecular weight excluding hydrogens is 284 g/mol. The van der Waals surface area contributed by atoms with Crippen molar-refractivity contribution in [3.05, 3.63) is 35.9 Å². The number of hydrogen-bond donors (Lipinski definition) is 3. The van der Waals surface area contributed by atoms with E-state index in [0.717, 1.165) is 13.1 Å². The predicted molar refractivity (Wildman–Crippen MR) is 84.8 cm³/mol. The SMILES string of the molecule is CCN(CC)CCNC(=O)C(=N\O)/C(=N/O)c1ccccc1. The van der Waals surface area contributed by atoms with Crippen molar-refractivity contribution >= 4 is 17.3 Å². The molecular formula is C15H22N4O3. The van der Waals surface area contributed by atoms with Crippen LogP contribution < -0.4 is 5.32 Å². The van der Waals surface area contributed by atoms with Crippen LogP contribution in [0.1, 0.15) is 19.4 Å². The molecule has 120 valence electrons. The number of oxime groups is 2. The third-order valence-corrected chi connectivity index (χ3v) is 3.29. The molecule has 0 bridgehead atoms. The summed E-state index contributed by atoms with van der Waals surface area (Å²) in [6, 6.07) is 8.56. The largest absolute Gasteiger partial charge is 0.410 e. The molecule has 7 nitrogen and oxygen atoms in total. The minimum atomic E-state index is -0.591. The number of carbonyl (C=O) groups is 1. The van der Waals surface area contributed by atoms with E-state index in [-0.39, 0.29) is 11.4 Å². The third-order valence-electron chi connectivity index (χ3n) is 3.29. The van der Waals surface area contributed by atoms with Crippen LogP contribution >= 0.6 is 0 Å². The molecule has 0 radical (unpaired) electrons. The van der Waals surface area contributed by atoms with Gasteiger partial charge in [-0.2, -0.15) is 0 Å². The van der Waals surface area contributed by atoms with Crippen LogP contribution in [0.4, 0.5) is 0 Å². The first-order valence-electron chi connectivity index (χ1n) is 7.18. The Morgan fingerprint density at radius 3 is 2.27 bits per heavy atom. The van der Waals surface area contributed by atoms with E-state index in [1.807, 2.05) is 13.8 Å². The van der Waals surface area contributed by atoms with Gasteiger partial charge in [0.05, 0.1) is 0 Å². The molecule has 0 spiro atoms. The van der Waals surface area contributed by atoms with Crippen molar-refractivity contribution in [2.75, 3.05) is 26.2 Å². The van der Waals surface area contributed by atoms with E-state index in [1.165, 1.54) is 0 Å². The Bertz CT molecular complexity index is 525. The Morgan fingerprint density at radius 1 is 1.14 bits per heavy atom. The number of carbonyl (C=O) groups excluding carboxylic acids is 1. The van der Waals surface area contributed by atoms with Crippen molar-refractivity contribution in [3.63, 3.8) is 0 Å². The molecule has 1 amide bonds. The van der Waals surface area contributed by atoms with Crippen molar-refractivity contribution in [2.24, 2.45) is 10.3 Å². The minimum Gasteiger partial charge on any atom is -0.410 e. The number of benzene rings is 1. The number of likely N-dealkylation sites (N-methyl/N-ethyl adjacent to an activating group) is 1. The normalized spacial score (nSPS) is 12.5. The van der Waals surface area contributed by atoms with Crippen molar-refractivity contribution in [2.45, 2.75) is 13.8 Å². The summed E-state index contributed by atoms with van der Waals surface area (Å²) < 4.78 is 0. The predicted octanol–water partition coefficient (Wildman–Crippen LogP) is 1.15. The fourth-order valence-electron chi connectivity index (χ4n) is 1.99. The van der Waals surface area contributed by atoms with Crippen LogP contribution in [0.15, 0.2) is 40.6 Å². The third kappa shape index (κ3) is 4.85. The van der Waals surface area contributed by atoms with E-state index in [2.05, 4.69) is 20.5 Å². The first-order valence-corrected chi connectivity index (χ1v) is 7.18. The van der Waals surface area contributed by atoms with Crippen LogP contribution in [0.3, 0.4) is 0 Å². The van der Waals surface area contributed by atoms with Crippen molar-refractivity contribution in [1.82, 2.24) is 10.2 Å². The molecule has 1 rings (SSSR count). The molecule has 1 aromatic carbocycles. The maximum Gasteiger partial charge on any atom is 0.275 e. The number of hydrogen-bond acceptors (Lipinski definition) is 6. The highest BCUT2D eigenvalue weighted by Gasteiger charge is 2.21.